The van der Waals surface area contributed by atoms with Gasteiger partial charge in [-0.15, -0.1) is 0 Å². The molecule has 118 valence electrons. The van der Waals surface area contributed by atoms with Gasteiger partial charge in [0.15, 0.2) is 6.61 Å². The average molecular weight is 302 g/mol. The lowest BCUT2D eigenvalue weighted by Gasteiger charge is -2.27. The zero-order chi connectivity index (χ0) is 16.9. The van der Waals surface area contributed by atoms with Crippen molar-refractivity contribution in [2.24, 2.45) is 5.92 Å². The number of esters is 1. The third-order valence-electron chi connectivity index (χ3n) is 3.73. The lowest BCUT2D eigenvalue weighted by molar-refractivity contribution is -0.125. The molecule has 1 amide bonds. The number of carbonyl (C=O) groups excluding carboxylic acids is 2. The summed E-state index contributed by atoms with van der Waals surface area (Å²) < 4.78 is 5.04. The number of nitriles is 1. The van der Waals surface area contributed by atoms with Gasteiger partial charge in [0.25, 0.3) is 5.91 Å². The van der Waals surface area contributed by atoms with Crippen LogP contribution in [0.5, 0.6) is 0 Å². The fourth-order valence-electron chi connectivity index (χ4n) is 1.79. The van der Waals surface area contributed by atoms with Crippen molar-refractivity contribution < 1.29 is 14.3 Å². The molecule has 0 aliphatic carbocycles. The Morgan fingerprint density at radius 1 is 1.36 bits per heavy atom. The number of benzene rings is 1. The minimum atomic E-state index is -0.983. The summed E-state index contributed by atoms with van der Waals surface area (Å²) in [5, 5.41) is 11.8. The van der Waals surface area contributed by atoms with Gasteiger partial charge in [-0.2, -0.15) is 5.26 Å². The van der Waals surface area contributed by atoms with Crippen molar-refractivity contribution in [1.29, 1.82) is 5.26 Å². The third kappa shape index (κ3) is 4.32. The minimum absolute atomic E-state index is 0.0591. The first kappa shape index (κ1) is 17.7. The Morgan fingerprint density at radius 3 is 2.55 bits per heavy atom. The Hall–Kier alpha value is -2.35. The number of nitrogens with one attached hydrogen (secondary N) is 1. The summed E-state index contributed by atoms with van der Waals surface area (Å²) in [5.74, 6) is -1.09. The second-order valence-electron chi connectivity index (χ2n) is 5.91. The number of aryl methyl sites for hydroxylation is 2. The van der Waals surface area contributed by atoms with Crippen molar-refractivity contribution in [2.45, 2.75) is 40.2 Å². The maximum Gasteiger partial charge on any atom is 0.338 e. The summed E-state index contributed by atoms with van der Waals surface area (Å²) in [5.41, 5.74) is 1.20. The Labute approximate surface area is 131 Å². The van der Waals surface area contributed by atoms with Crippen LogP contribution in [-0.4, -0.2) is 24.0 Å². The van der Waals surface area contributed by atoms with E-state index in [1.165, 1.54) is 0 Å². The van der Waals surface area contributed by atoms with Crippen molar-refractivity contribution in [3.63, 3.8) is 0 Å². The first-order valence-electron chi connectivity index (χ1n) is 7.16. The SMILES string of the molecule is Cc1ccc(C)c(C(=O)OCC(=O)N[C@@](C)(C#N)C(C)C)c1. The highest BCUT2D eigenvalue weighted by Crippen LogP contribution is 2.15. The molecule has 1 N–H and O–H groups in total. The molecule has 1 rings (SSSR count). The molecule has 1 atom stereocenters. The smallest absolute Gasteiger partial charge is 0.338 e. The normalized spacial score (nSPS) is 13.1. The van der Waals surface area contributed by atoms with E-state index in [0.717, 1.165) is 11.1 Å². The molecule has 5 nitrogen and oxygen atoms in total. The summed E-state index contributed by atoms with van der Waals surface area (Å²) in [7, 11) is 0. The third-order valence-corrected chi connectivity index (χ3v) is 3.73. The predicted molar refractivity (Wildman–Crippen MR) is 83.2 cm³/mol. The van der Waals surface area contributed by atoms with Crippen LogP contribution in [0.2, 0.25) is 0 Å². The van der Waals surface area contributed by atoms with Crippen LogP contribution in [0.3, 0.4) is 0 Å². The molecule has 0 heterocycles. The van der Waals surface area contributed by atoms with Crippen LogP contribution in [0, 0.1) is 31.1 Å². The molecule has 0 spiro atoms. The molecule has 0 bridgehead atoms. The Bertz CT molecular complexity index is 617. The standard InChI is InChI=1S/C17H22N2O3/c1-11(2)17(5,10-18)19-15(20)9-22-16(21)14-8-12(3)6-7-13(14)4/h6-8,11H,9H2,1-5H3,(H,19,20)/t17-/m0/s1. The van der Waals surface area contributed by atoms with Crippen molar-refractivity contribution in [3.8, 4) is 6.07 Å². The van der Waals surface area contributed by atoms with Gasteiger partial charge in [-0.3, -0.25) is 4.79 Å². The van der Waals surface area contributed by atoms with Crippen LogP contribution in [0.4, 0.5) is 0 Å². The maximum absolute atomic E-state index is 12.0. The van der Waals surface area contributed by atoms with E-state index >= 15 is 0 Å². The van der Waals surface area contributed by atoms with Crippen LogP contribution in [0.15, 0.2) is 18.2 Å². The molecule has 1 aromatic rings. The zero-order valence-electron chi connectivity index (χ0n) is 13.7. The van der Waals surface area contributed by atoms with E-state index in [9.17, 15) is 9.59 Å². The number of carbonyl (C=O) groups is 2. The van der Waals surface area contributed by atoms with E-state index in [4.69, 9.17) is 10.00 Å². The Kier molecular flexibility index (Phi) is 5.69. The van der Waals surface area contributed by atoms with Crippen molar-refractivity contribution in [1.82, 2.24) is 5.32 Å². The van der Waals surface area contributed by atoms with Crippen molar-refractivity contribution in [3.05, 3.63) is 34.9 Å². The van der Waals surface area contributed by atoms with E-state index in [0.29, 0.717) is 5.56 Å². The summed E-state index contributed by atoms with van der Waals surface area (Å²) in [6.45, 7) is 8.60. The topological polar surface area (TPSA) is 79.2 Å². The number of rotatable bonds is 5. The molecule has 1 aromatic carbocycles. The maximum atomic E-state index is 12.0. The van der Waals surface area contributed by atoms with Crippen LogP contribution in [-0.2, 0) is 9.53 Å². The molecule has 0 aromatic heterocycles. The molecule has 0 fully saturated rings. The van der Waals surface area contributed by atoms with Crippen LogP contribution < -0.4 is 5.32 Å². The fraction of sp³-hybridized carbons (Fsp3) is 0.471. The van der Waals surface area contributed by atoms with Gasteiger partial charge in [-0.05, 0) is 38.3 Å². The molecule has 22 heavy (non-hydrogen) atoms. The number of hydrogen-bond acceptors (Lipinski definition) is 4. The molecule has 0 radical (unpaired) electrons. The van der Waals surface area contributed by atoms with E-state index in [1.807, 2.05) is 39.8 Å². The fourth-order valence-corrected chi connectivity index (χ4v) is 1.79. The first-order valence-corrected chi connectivity index (χ1v) is 7.16. The number of nitrogens with zero attached hydrogens (tertiary/aromatic N) is 1. The summed E-state index contributed by atoms with van der Waals surface area (Å²) >= 11 is 0. The zero-order valence-corrected chi connectivity index (χ0v) is 13.7. The second kappa shape index (κ2) is 7.08. The lowest BCUT2D eigenvalue weighted by Crippen LogP contribution is -2.50. The van der Waals surface area contributed by atoms with Gasteiger partial charge in [0.2, 0.25) is 0 Å². The Morgan fingerprint density at radius 2 is 2.00 bits per heavy atom. The molecule has 0 saturated heterocycles. The molecule has 0 aliphatic heterocycles. The highest BCUT2D eigenvalue weighted by atomic mass is 16.5. The van der Waals surface area contributed by atoms with Gasteiger partial charge in [0.05, 0.1) is 11.6 Å². The summed E-state index contributed by atoms with van der Waals surface area (Å²) in [6.07, 6.45) is 0. The number of ether oxygens (including phenoxy) is 1. The molecule has 0 aliphatic rings. The summed E-state index contributed by atoms with van der Waals surface area (Å²) in [6, 6.07) is 7.53. The second-order valence-corrected chi connectivity index (χ2v) is 5.91. The highest BCUT2D eigenvalue weighted by molar-refractivity contribution is 5.93. The molecule has 5 heteroatoms. The lowest BCUT2D eigenvalue weighted by atomic mass is 9.90. The minimum Gasteiger partial charge on any atom is -0.452 e. The molecule has 0 saturated carbocycles. The number of hydrogen-bond donors (Lipinski definition) is 1. The van der Waals surface area contributed by atoms with Crippen LogP contribution >= 0.6 is 0 Å². The average Bonchev–Trinajstić information content (AvgIpc) is 2.46. The van der Waals surface area contributed by atoms with E-state index in [-0.39, 0.29) is 5.92 Å². The molecule has 0 unspecified atom stereocenters. The van der Waals surface area contributed by atoms with Gasteiger partial charge < -0.3 is 10.1 Å². The van der Waals surface area contributed by atoms with Gasteiger partial charge in [0, 0.05) is 0 Å². The molecular weight excluding hydrogens is 280 g/mol. The van der Waals surface area contributed by atoms with E-state index in [2.05, 4.69) is 11.4 Å². The van der Waals surface area contributed by atoms with Gasteiger partial charge in [0.1, 0.15) is 5.54 Å². The quantitative estimate of drug-likeness (QED) is 0.848. The monoisotopic (exact) mass is 302 g/mol. The van der Waals surface area contributed by atoms with Gasteiger partial charge in [-0.1, -0.05) is 31.5 Å². The highest BCUT2D eigenvalue weighted by Gasteiger charge is 2.30. The van der Waals surface area contributed by atoms with Crippen LogP contribution in [0.1, 0.15) is 42.3 Å². The van der Waals surface area contributed by atoms with Crippen molar-refractivity contribution >= 4 is 11.9 Å². The molecular formula is C17H22N2O3. The van der Waals surface area contributed by atoms with Crippen LogP contribution in [0.25, 0.3) is 0 Å². The predicted octanol–water partition coefficient (Wildman–Crippen LogP) is 2.51. The van der Waals surface area contributed by atoms with E-state index < -0.39 is 24.0 Å². The Balaban J connectivity index is 2.67. The van der Waals surface area contributed by atoms with E-state index in [1.54, 1.807) is 13.0 Å². The van der Waals surface area contributed by atoms with Crippen molar-refractivity contribution in [2.75, 3.05) is 6.61 Å². The van der Waals surface area contributed by atoms with Gasteiger partial charge >= 0.3 is 5.97 Å². The largest absolute Gasteiger partial charge is 0.452 e. The number of amides is 1. The summed E-state index contributed by atoms with van der Waals surface area (Å²) in [4.78, 5) is 23.9. The van der Waals surface area contributed by atoms with Gasteiger partial charge in [-0.25, -0.2) is 4.79 Å². The first-order chi connectivity index (χ1) is 10.2.